The number of anilines is 1. The quantitative estimate of drug-likeness (QED) is 0.579. The van der Waals surface area contributed by atoms with Crippen LogP contribution in [-0.4, -0.2) is 25.3 Å². The van der Waals surface area contributed by atoms with E-state index in [1.807, 2.05) is 6.92 Å². The number of nitrogens with zero attached hydrogens (tertiary/aromatic N) is 1. The maximum Gasteiger partial charge on any atom is 0.338 e. The van der Waals surface area contributed by atoms with Gasteiger partial charge in [0.2, 0.25) is 0 Å². The third kappa shape index (κ3) is 3.93. The summed E-state index contributed by atoms with van der Waals surface area (Å²) in [6.45, 7) is 1.86. The summed E-state index contributed by atoms with van der Waals surface area (Å²) in [5.74, 6) is -1.43. The van der Waals surface area contributed by atoms with Crippen LogP contribution in [-0.2, 0) is 9.53 Å². The lowest BCUT2D eigenvalue weighted by molar-refractivity contribution is -0.136. The second-order valence-corrected chi connectivity index (χ2v) is 6.67. The SMILES string of the molecule is CCC1=C(C(=O)OC)[C@H](c2ccc(F)cc2F)NC(=S)N1c1ccc(OC)cc1. The van der Waals surface area contributed by atoms with E-state index in [1.165, 1.54) is 13.2 Å². The highest BCUT2D eigenvalue weighted by molar-refractivity contribution is 7.80. The molecule has 2 aromatic rings. The molecule has 0 aliphatic carbocycles. The average molecular weight is 418 g/mol. The predicted molar refractivity (Wildman–Crippen MR) is 110 cm³/mol. The van der Waals surface area contributed by atoms with E-state index in [-0.39, 0.29) is 16.2 Å². The highest BCUT2D eigenvalue weighted by Gasteiger charge is 2.37. The number of ether oxygens (including phenoxy) is 2. The monoisotopic (exact) mass is 418 g/mol. The van der Waals surface area contributed by atoms with E-state index in [0.717, 1.165) is 12.1 Å². The smallest absolute Gasteiger partial charge is 0.338 e. The summed E-state index contributed by atoms with van der Waals surface area (Å²) in [5, 5.41) is 3.29. The van der Waals surface area contributed by atoms with Crippen molar-refractivity contribution in [1.29, 1.82) is 0 Å². The van der Waals surface area contributed by atoms with Gasteiger partial charge in [0, 0.05) is 23.0 Å². The number of hydrogen-bond donors (Lipinski definition) is 1. The van der Waals surface area contributed by atoms with E-state index >= 15 is 0 Å². The largest absolute Gasteiger partial charge is 0.497 e. The maximum atomic E-state index is 14.5. The zero-order valence-electron chi connectivity index (χ0n) is 16.2. The summed E-state index contributed by atoms with van der Waals surface area (Å²) >= 11 is 5.54. The molecule has 0 fully saturated rings. The van der Waals surface area contributed by atoms with E-state index in [4.69, 9.17) is 21.7 Å². The summed E-state index contributed by atoms with van der Waals surface area (Å²) in [4.78, 5) is 14.4. The van der Waals surface area contributed by atoms with Crippen molar-refractivity contribution in [3.05, 3.63) is 70.9 Å². The molecule has 152 valence electrons. The first kappa shape index (κ1) is 20.7. The van der Waals surface area contributed by atoms with Crippen molar-refractivity contribution in [2.45, 2.75) is 19.4 Å². The fourth-order valence-electron chi connectivity index (χ4n) is 3.34. The Kier molecular flexibility index (Phi) is 6.12. The normalized spacial score (nSPS) is 16.5. The summed E-state index contributed by atoms with van der Waals surface area (Å²) < 4.78 is 38.1. The van der Waals surface area contributed by atoms with Gasteiger partial charge in [-0.3, -0.25) is 4.90 Å². The Morgan fingerprint density at radius 1 is 1.17 bits per heavy atom. The molecule has 1 atom stereocenters. The summed E-state index contributed by atoms with van der Waals surface area (Å²) in [5.41, 5.74) is 1.60. The number of thiocarbonyl (C=S) groups is 1. The average Bonchev–Trinajstić information content (AvgIpc) is 2.72. The lowest BCUT2D eigenvalue weighted by atomic mass is 9.93. The van der Waals surface area contributed by atoms with Crippen LogP contribution in [0.4, 0.5) is 14.5 Å². The summed E-state index contributed by atoms with van der Waals surface area (Å²) in [6, 6.07) is 9.45. The molecule has 29 heavy (non-hydrogen) atoms. The van der Waals surface area contributed by atoms with Crippen molar-refractivity contribution in [1.82, 2.24) is 5.32 Å². The molecule has 2 aromatic carbocycles. The molecule has 5 nitrogen and oxygen atoms in total. The number of esters is 1. The van der Waals surface area contributed by atoms with Gasteiger partial charge in [-0.15, -0.1) is 0 Å². The molecule has 0 bridgehead atoms. The van der Waals surface area contributed by atoms with Crippen LogP contribution in [0.5, 0.6) is 5.75 Å². The Bertz CT molecular complexity index is 976. The van der Waals surface area contributed by atoms with Crippen molar-refractivity contribution >= 4 is 29.0 Å². The maximum absolute atomic E-state index is 14.5. The molecule has 0 saturated heterocycles. The van der Waals surface area contributed by atoms with Crippen molar-refractivity contribution < 1.29 is 23.0 Å². The van der Waals surface area contributed by atoms with E-state index in [9.17, 15) is 13.6 Å². The van der Waals surface area contributed by atoms with Crippen LogP contribution in [0.15, 0.2) is 53.7 Å². The lowest BCUT2D eigenvalue weighted by Gasteiger charge is -2.38. The Hall–Kier alpha value is -3.00. The van der Waals surface area contributed by atoms with Gasteiger partial charge in [-0.2, -0.15) is 0 Å². The van der Waals surface area contributed by atoms with E-state index in [2.05, 4.69) is 5.32 Å². The Labute approximate surface area is 172 Å². The molecule has 0 radical (unpaired) electrons. The zero-order chi connectivity index (χ0) is 21.1. The lowest BCUT2D eigenvalue weighted by Crippen LogP contribution is -2.48. The van der Waals surface area contributed by atoms with Gasteiger partial charge in [0.15, 0.2) is 5.11 Å². The molecule has 0 amide bonds. The van der Waals surface area contributed by atoms with Crippen LogP contribution in [0.1, 0.15) is 24.9 Å². The first-order valence-corrected chi connectivity index (χ1v) is 9.33. The molecule has 1 N–H and O–H groups in total. The topological polar surface area (TPSA) is 50.8 Å². The van der Waals surface area contributed by atoms with E-state index in [1.54, 1.807) is 36.3 Å². The summed E-state index contributed by atoms with van der Waals surface area (Å²) in [7, 11) is 2.82. The fourth-order valence-corrected chi connectivity index (χ4v) is 3.67. The van der Waals surface area contributed by atoms with Gasteiger partial charge in [-0.1, -0.05) is 13.0 Å². The second-order valence-electron chi connectivity index (χ2n) is 6.29. The fraction of sp³-hybridized carbons (Fsp3) is 0.238. The van der Waals surface area contributed by atoms with Crippen LogP contribution < -0.4 is 15.0 Å². The first-order chi connectivity index (χ1) is 13.9. The van der Waals surface area contributed by atoms with Crippen LogP contribution in [0.3, 0.4) is 0 Å². The van der Waals surface area contributed by atoms with Crippen molar-refractivity contribution in [2.75, 3.05) is 19.1 Å². The second kappa shape index (κ2) is 8.57. The van der Waals surface area contributed by atoms with Gasteiger partial charge in [0.25, 0.3) is 0 Å². The van der Waals surface area contributed by atoms with Gasteiger partial charge in [-0.25, -0.2) is 13.6 Å². The molecular weight excluding hydrogens is 398 g/mol. The van der Waals surface area contributed by atoms with Gasteiger partial charge < -0.3 is 14.8 Å². The molecule has 0 aromatic heterocycles. The molecule has 0 saturated carbocycles. The highest BCUT2D eigenvalue weighted by Crippen LogP contribution is 2.37. The molecule has 1 aliphatic rings. The Morgan fingerprint density at radius 3 is 2.41 bits per heavy atom. The van der Waals surface area contributed by atoms with Gasteiger partial charge >= 0.3 is 5.97 Å². The van der Waals surface area contributed by atoms with E-state index < -0.39 is 23.6 Å². The number of nitrogens with one attached hydrogen (secondary N) is 1. The van der Waals surface area contributed by atoms with Crippen molar-refractivity contribution in [2.24, 2.45) is 0 Å². The third-order valence-corrected chi connectivity index (χ3v) is 4.99. The van der Waals surface area contributed by atoms with Gasteiger partial charge in [0.1, 0.15) is 17.4 Å². The number of carbonyl (C=O) groups is 1. The Balaban J connectivity index is 2.18. The number of methoxy groups -OCH3 is 2. The number of benzene rings is 2. The Morgan fingerprint density at radius 2 is 1.86 bits per heavy atom. The number of hydrogen-bond acceptors (Lipinski definition) is 4. The van der Waals surface area contributed by atoms with E-state index in [0.29, 0.717) is 23.6 Å². The predicted octanol–water partition coefficient (Wildman–Crippen LogP) is 4.25. The number of allylic oxidation sites excluding steroid dienone is 1. The standard InChI is InChI=1S/C21H20F2N2O3S/c1-4-17-18(20(26)28-3)19(15-10-5-12(22)11-16(15)23)24-21(29)25(17)13-6-8-14(27-2)9-7-13/h5-11,19H,4H2,1-3H3,(H,24,29)/t19-/m0/s1. The molecule has 3 rings (SSSR count). The first-order valence-electron chi connectivity index (χ1n) is 8.92. The molecule has 0 unspecified atom stereocenters. The third-order valence-electron chi connectivity index (χ3n) is 4.68. The van der Waals surface area contributed by atoms with Crippen molar-refractivity contribution in [3.8, 4) is 5.75 Å². The summed E-state index contributed by atoms with van der Waals surface area (Å²) in [6.07, 6.45) is 0.428. The van der Waals surface area contributed by atoms with Crippen molar-refractivity contribution in [3.63, 3.8) is 0 Å². The molecule has 1 aliphatic heterocycles. The molecule has 1 heterocycles. The number of rotatable bonds is 5. The van der Waals surface area contributed by atoms with Crippen LogP contribution in [0.25, 0.3) is 0 Å². The molecular formula is C21H20F2N2O3S. The molecule has 8 heteroatoms. The number of halogens is 2. The highest BCUT2D eigenvalue weighted by atomic mass is 32.1. The van der Waals surface area contributed by atoms with Crippen LogP contribution in [0, 0.1) is 11.6 Å². The minimum atomic E-state index is -0.903. The molecule has 0 spiro atoms. The minimum absolute atomic E-state index is 0.106. The minimum Gasteiger partial charge on any atom is -0.497 e. The zero-order valence-corrected chi connectivity index (χ0v) is 17.0. The van der Waals surface area contributed by atoms with Gasteiger partial charge in [0.05, 0.1) is 25.8 Å². The number of carbonyl (C=O) groups excluding carboxylic acids is 1. The van der Waals surface area contributed by atoms with Crippen LogP contribution in [0.2, 0.25) is 0 Å². The van der Waals surface area contributed by atoms with Crippen LogP contribution >= 0.6 is 12.2 Å². The van der Waals surface area contributed by atoms with Gasteiger partial charge in [-0.05, 0) is 49.0 Å².